The van der Waals surface area contributed by atoms with E-state index in [2.05, 4.69) is 10.1 Å². The van der Waals surface area contributed by atoms with Gasteiger partial charge in [-0.05, 0) is 19.4 Å². The summed E-state index contributed by atoms with van der Waals surface area (Å²) in [4.78, 5) is 40.1. The topological polar surface area (TPSA) is 119 Å². The Morgan fingerprint density at radius 2 is 2.17 bits per heavy atom. The predicted molar refractivity (Wildman–Crippen MR) is 91.0 cm³/mol. The number of H-pyrrole nitrogens is 1. The average Bonchev–Trinajstić information content (AvgIpc) is 3.07. The SMILES string of the molecule is CCCCn1c(N)c(N(C)C(=O)[C@@H](C)n2cccn2)c(=O)[nH]c1=O. The molecule has 2 rings (SSSR count). The fourth-order valence-corrected chi connectivity index (χ4v) is 2.45. The molecule has 2 heterocycles. The fourth-order valence-electron chi connectivity index (χ4n) is 2.45. The summed E-state index contributed by atoms with van der Waals surface area (Å²) in [6, 6.07) is 1.09. The lowest BCUT2D eigenvalue weighted by Crippen LogP contribution is -2.41. The Bertz CT molecular complexity index is 821. The number of nitrogen functional groups attached to an aromatic ring is 1. The molecule has 0 saturated carbocycles. The van der Waals surface area contributed by atoms with Crippen molar-refractivity contribution in [2.75, 3.05) is 17.7 Å². The Morgan fingerprint density at radius 3 is 2.75 bits per heavy atom. The van der Waals surface area contributed by atoms with Gasteiger partial charge in [0.15, 0.2) is 5.69 Å². The Hall–Kier alpha value is -2.84. The molecular formula is C15H22N6O3. The molecule has 130 valence electrons. The summed E-state index contributed by atoms with van der Waals surface area (Å²) in [7, 11) is 1.46. The number of aromatic amines is 1. The highest BCUT2D eigenvalue weighted by atomic mass is 16.2. The van der Waals surface area contributed by atoms with Gasteiger partial charge in [-0.3, -0.25) is 23.8 Å². The monoisotopic (exact) mass is 334 g/mol. The number of carbonyl (C=O) groups excluding carboxylic acids is 1. The van der Waals surface area contributed by atoms with E-state index in [4.69, 9.17) is 5.73 Å². The van der Waals surface area contributed by atoms with Gasteiger partial charge in [0.2, 0.25) is 0 Å². The number of rotatable bonds is 6. The minimum atomic E-state index is -0.686. The highest BCUT2D eigenvalue weighted by Gasteiger charge is 2.25. The molecule has 0 fully saturated rings. The number of anilines is 2. The van der Waals surface area contributed by atoms with Crippen LogP contribution in [0.15, 0.2) is 28.0 Å². The molecule has 0 unspecified atom stereocenters. The maximum absolute atomic E-state index is 12.6. The Morgan fingerprint density at radius 1 is 1.46 bits per heavy atom. The van der Waals surface area contributed by atoms with Gasteiger partial charge in [-0.1, -0.05) is 13.3 Å². The second kappa shape index (κ2) is 7.16. The van der Waals surface area contributed by atoms with E-state index in [0.29, 0.717) is 6.54 Å². The molecule has 0 aliphatic carbocycles. The van der Waals surface area contributed by atoms with Gasteiger partial charge in [0.25, 0.3) is 11.5 Å². The average molecular weight is 334 g/mol. The van der Waals surface area contributed by atoms with E-state index in [-0.39, 0.29) is 17.4 Å². The van der Waals surface area contributed by atoms with Crippen molar-refractivity contribution in [1.82, 2.24) is 19.3 Å². The maximum Gasteiger partial charge on any atom is 0.330 e. The van der Waals surface area contributed by atoms with Crippen LogP contribution in [0.2, 0.25) is 0 Å². The summed E-state index contributed by atoms with van der Waals surface area (Å²) in [5.41, 5.74) is 4.72. The van der Waals surface area contributed by atoms with E-state index >= 15 is 0 Å². The van der Waals surface area contributed by atoms with Crippen molar-refractivity contribution in [1.29, 1.82) is 0 Å². The summed E-state index contributed by atoms with van der Waals surface area (Å²) in [6.07, 6.45) is 4.82. The van der Waals surface area contributed by atoms with Crippen molar-refractivity contribution >= 4 is 17.4 Å². The van der Waals surface area contributed by atoms with Crippen molar-refractivity contribution < 1.29 is 4.79 Å². The minimum absolute atomic E-state index is 0.0132. The molecule has 0 aliphatic heterocycles. The van der Waals surface area contributed by atoms with Gasteiger partial charge in [0.05, 0.1) is 0 Å². The first-order chi connectivity index (χ1) is 11.4. The number of hydrogen-bond donors (Lipinski definition) is 2. The van der Waals surface area contributed by atoms with E-state index in [1.54, 1.807) is 25.4 Å². The maximum atomic E-state index is 12.6. The normalized spacial score (nSPS) is 12.1. The van der Waals surface area contributed by atoms with Crippen LogP contribution in [-0.2, 0) is 11.3 Å². The largest absolute Gasteiger partial charge is 0.383 e. The van der Waals surface area contributed by atoms with Crippen LogP contribution >= 0.6 is 0 Å². The quantitative estimate of drug-likeness (QED) is 0.789. The van der Waals surface area contributed by atoms with Crippen molar-refractivity contribution in [3.05, 3.63) is 39.3 Å². The molecule has 2 aromatic rings. The van der Waals surface area contributed by atoms with E-state index in [1.165, 1.54) is 21.2 Å². The number of amides is 1. The van der Waals surface area contributed by atoms with Crippen molar-refractivity contribution in [2.24, 2.45) is 0 Å². The van der Waals surface area contributed by atoms with Crippen LogP contribution in [0.25, 0.3) is 0 Å². The number of nitrogens with two attached hydrogens (primary N) is 1. The third-order valence-electron chi connectivity index (χ3n) is 3.89. The standard InChI is InChI=1S/C15H22N6O3/c1-4-5-8-20-12(16)11(13(22)18-15(20)24)19(3)14(23)10(2)21-9-6-7-17-21/h6-7,9-10H,4-5,8,16H2,1-3H3,(H,18,22,24)/t10-/m1/s1. The number of aromatic nitrogens is 4. The first-order valence-corrected chi connectivity index (χ1v) is 7.77. The molecule has 0 bridgehead atoms. The summed E-state index contributed by atoms with van der Waals surface area (Å²) in [6.45, 7) is 4.03. The highest BCUT2D eigenvalue weighted by Crippen LogP contribution is 2.19. The molecule has 9 nitrogen and oxygen atoms in total. The van der Waals surface area contributed by atoms with Crippen LogP contribution in [0.4, 0.5) is 11.5 Å². The van der Waals surface area contributed by atoms with Gasteiger partial charge in [0.1, 0.15) is 11.9 Å². The zero-order valence-electron chi connectivity index (χ0n) is 14.0. The number of likely N-dealkylation sites (N-methyl/N-ethyl adjacent to an activating group) is 1. The van der Waals surface area contributed by atoms with Gasteiger partial charge in [-0.2, -0.15) is 5.10 Å². The lowest BCUT2D eigenvalue weighted by molar-refractivity contribution is -0.121. The Kier molecular flexibility index (Phi) is 5.22. The van der Waals surface area contributed by atoms with Crippen LogP contribution in [0.5, 0.6) is 0 Å². The minimum Gasteiger partial charge on any atom is -0.383 e. The molecule has 3 N–H and O–H groups in total. The van der Waals surface area contributed by atoms with Crippen LogP contribution in [0.1, 0.15) is 32.7 Å². The van der Waals surface area contributed by atoms with E-state index < -0.39 is 17.3 Å². The van der Waals surface area contributed by atoms with Crippen LogP contribution in [0.3, 0.4) is 0 Å². The first kappa shape index (κ1) is 17.5. The summed E-state index contributed by atoms with van der Waals surface area (Å²) < 4.78 is 2.76. The zero-order chi connectivity index (χ0) is 17.9. The molecular weight excluding hydrogens is 312 g/mol. The fraction of sp³-hybridized carbons (Fsp3) is 0.467. The van der Waals surface area contributed by atoms with Gasteiger partial charge in [0, 0.05) is 26.0 Å². The van der Waals surface area contributed by atoms with E-state index in [9.17, 15) is 14.4 Å². The highest BCUT2D eigenvalue weighted by molar-refractivity contribution is 5.97. The zero-order valence-corrected chi connectivity index (χ0v) is 14.0. The van der Waals surface area contributed by atoms with Gasteiger partial charge in [-0.25, -0.2) is 4.79 Å². The van der Waals surface area contributed by atoms with Crippen LogP contribution in [-0.4, -0.2) is 32.3 Å². The third kappa shape index (κ3) is 3.24. The van der Waals surface area contributed by atoms with Crippen LogP contribution < -0.4 is 21.9 Å². The molecule has 0 spiro atoms. The molecule has 1 amide bonds. The summed E-state index contributed by atoms with van der Waals surface area (Å²) >= 11 is 0. The molecule has 0 aliphatic rings. The molecule has 0 saturated heterocycles. The van der Waals surface area contributed by atoms with Gasteiger partial charge in [-0.15, -0.1) is 0 Å². The Labute approximate surface area is 138 Å². The number of unbranched alkanes of at least 4 members (excludes halogenated alkanes) is 1. The van der Waals surface area contributed by atoms with Crippen LogP contribution in [0, 0.1) is 0 Å². The second-order valence-corrected chi connectivity index (χ2v) is 5.56. The summed E-state index contributed by atoms with van der Waals surface area (Å²) in [5.74, 6) is -0.377. The molecule has 9 heteroatoms. The first-order valence-electron chi connectivity index (χ1n) is 7.77. The smallest absolute Gasteiger partial charge is 0.330 e. The lowest BCUT2D eigenvalue weighted by Gasteiger charge is -2.23. The number of carbonyl (C=O) groups is 1. The van der Waals surface area contributed by atoms with Gasteiger partial charge >= 0.3 is 5.69 Å². The summed E-state index contributed by atoms with van der Waals surface area (Å²) in [5, 5.41) is 4.03. The number of nitrogens with one attached hydrogen (secondary N) is 1. The molecule has 1 atom stereocenters. The van der Waals surface area contributed by atoms with Crippen molar-refractivity contribution in [3.8, 4) is 0 Å². The third-order valence-corrected chi connectivity index (χ3v) is 3.89. The molecule has 0 aromatic carbocycles. The molecule has 0 radical (unpaired) electrons. The van der Waals surface area contributed by atoms with Crippen molar-refractivity contribution in [2.45, 2.75) is 39.3 Å². The molecule has 2 aromatic heterocycles. The number of hydrogen-bond acceptors (Lipinski definition) is 5. The Balaban J connectivity index is 2.41. The number of nitrogens with zero attached hydrogens (tertiary/aromatic N) is 4. The van der Waals surface area contributed by atoms with E-state index in [0.717, 1.165) is 12.8 Å². The predicted octanol–water partition coefficient (Wildman–Crippen LogP) is 0.339. The molecule has 24 heavy (non-hydrogen) atoms. The van der Waals surface area contributed by atoms with E-state index in [1.807, 2.05) is 6.92 Å². The second-order valence-electron chi connectivity index (χ2n) is 5.56. The van der Waals surface area contributed by atoms with Crippen molar-refractivity contribution in [3.63, 3.8) is 0 Å². The lowest BCUT2D eigenvalue weighted by atomic mass is 10.2. The van der Waals surface area contributed by atoms with Gasteiger partial charge < -0.3 is 10.6 Å².